The van der Waals surface area contributed by atoms with Crippen LogP contribution < -0.4 is 10.6 Å². The Kier molecular flexibility index (Phi) is 7.89. The molecule has 0 heterocycles. The smallest absolute Gasteiger partial charge is 0.224 e. The summed E-state index contributed by atoms with van der Waals surface area (Å²) in [5.74, 6) is 0.0180. The monoisotopic (exact) mass is 474 g/mol. The fourth-order valence-corrected chi connectivity index (χ4v) is 5.35. The zero-order valence-corrected chi connectivity index (χ0v) is 20.5. The highest BCUT2D eigenvalue weighted by Crippen LogP contribution is 2.45. The van der Waals surface area contributed by atoms with Crippen molar-refractivity contribution < 1.29 is 9.59 Å². The molecule has 0 aromatic heterocycles. The van der Waals surface area contributed by atoms with Gasteiger partial charge in [0.2, 0.25) is 11.8 Å². The zero-order chi connectivity index (χ0) is 23.4. The number of carbonyl (C=O) groups excluding carboxylic acids is 2. The molecule has 2 unspecified atom stereocenters. The third-order valence-corrected chi connectivity index (χ3v) is 6.58. The van der Waals surface area contributed by atoms with Gasteiger partial charge < -0.3 is 10.6 Å². The van der Waals surface area contributed by atoms with Crippen molar-refractivity contribution in [1.29, 1.82) is 0 Å². The molecule has 0 spiro atoms. The van der Waals surface area contributed by atoms with Crippen molar-refractivity contribution in [1.82, 2.24) is 10.6 Å². The molecule has 2 atom stereocenters. The number of amides is 2. The van der Waals surface area contributed by atoms with E-state index in [0.717, 1.165) is 30.4 Å². The molecule has 1 aliphatic rings. The van der Waals surface area contributed by atoms with Crippen LogP contribution >= 0.6 is 23.2 Å². The molecule has 0 radical (unpaired) electrons. The van der Waals surface area contributed by atoms with Crippen molar-refractivity contribution in [3.63, 3.8) is 0 Å². The second-order valence-electron chi connectivity index (χ2n) is 10.2. The van der Waals surface area contributed by atoms with Gasteiger partial charge >= 0.3 is 0 Å². The van der Waals surface area contributed by atoms with Crippen LogP contribution in [0.4, 0.5) is 0 Å². The summed E-state index contributed by atoms with van der Waals surface area (Å²) in [5, 5.41) is 7.67. The molecule has 3 rings (SSSR count). The van der Waals surface area contributed by atoms with Gasteiger partial charge in [-0.2, -0.15) is 0 Å². The van der Waals surface area contributed by atoms with Crippen LogP contribution in [0.1, 0.15) is 51.2 Å². The van der Waals surface area contributed by atoms with E-state index in [2.05, 4.69) is 31.4 Å². The fourth-order valence-electron chi connectivity index (χ4n) is 5.10. The van der Waals surface area contributed by atoms with Crippen LogP contribution in [0.5, 0.6) is 0 Å². The van der Waals surface area contributed by atoms with Gasteiger partial charge in [0.15, 0.2) is 0 Å². The summed E-state index contributed by atoms with van der Waals surface area (Å²) in [5.41, 5.74) is 1.87. The average Bonchev–Trinajstić information content (AvgIpc) is 2.68. The number of halogens is 2. The van der Waals surface area contributed by atoms with E-state index >= 15 is 0 Å². The first-order chi connectivity index (χ1) is 15.0. The Labute approximate surface area is 201 Å². The van der Waals surface area contributed by atoms with Crippen LogP contribution in [0.3, 0.4) is 0 Å². The molecular formula is C26H32Cl2N2O2. The van der Waals surface area contributed by atoms with E-state index in [4.69, 9.17) is 23.2 Å². The molecule has 6 heteroatoms. The third kappa shape index (κ3) is 7.53. The molecule has 2 amide bonds. The maximum atomic E-state index is 12.7. The number of carbonyl (C=O) groups is 2. The average molecular weight is 475 g/mol. The first kappa shape index (κ1) is 24.6. The SMILES string of the molecule is CC1(C)CC(NC(=O)Cc2ccc(Cl)cc2)CC(C)(CNC(=O)Cc2ccc(Cl)cc2)C1. The van der Waals surface area contributed by atoms with Gasteiger partial charge in [0.05, 0.1) is 12.8 Å². The zero-order valence-electron chi connectivity index (χ0n) is 19.0. The highest BCUT2D eigenvalue weighted by atomic mass is 35.5. The van der Waals surface area contributed by atoms with Gasteiger partial charge in [0.1, 0.15) is 0 Å². The van der Waals surface area contributed by atoms with Crippen LogP contribution in [-0.2, 0) is 22.4 Å². The second kappa shape index (κ2) is 10.3. The van der Waals surface area contributed by atoms with E-state index in [1.54, 1.807) is 24.3 Å². The minimum Gasteiger partial charge on any atom is -0.355 e. The highest BCUT2D eigenvalue weighted by Gasteiger charge is 2.41. The first-order valence-electron chi connectivity index (χ1n) is 11.1. The molecule has 32 heavy (non-hydrogen) atoms. The lowest BCUT2D eigenvalue weighted by atomic mass is 9.62. The van der Waals surface area contributed by atoms with Gasteiger partial charge in [-0.05, 0) is 65.5 Å². The molecule has 0 aliphatic heterocycles. The second-order valence-corrected chi connectivity index (χ2v) is 11.1. The van der Waals surface area contributed by atoms with Gasteiger partial charge in [-0.3, -0.25) is 9.59 Å². The largest absolute Gasteiger partial charge is 0.355 e. The summed E-state index contributed by atoms with van der Waals surface area (Å²) in [6.07, 6.45) is 3.42. The van der Waals surface area contributed by atoms with Crippen molar-refractivity contribution in [2.24, 2.45) is 10.8 Å². The summed E-state index contributed by atoms with van der Waals surface area (Å²) in [6.45, 7) is 7.26. The lowest BCUT2D eigenvalue weighted by molar-refractivity contribution is -0.123. The van der Waals surface area contributed by atoms with E-state index < -0.39 is 0 Å². The Balaban J connectivity index is 1.55. The van der Waals surface area contributed by atoms with E-state index in [0.29, 0.717) is 29.4 Å². The van der Waals surface area contributed by atoms with Crippen molar-refractivity contribution in [3.05, 3.63) is 69.7 Å². The molecule has 1 aliphatic carbocycles. The molecule has 1 fully saturated rings. The molecule has 0 bridgehead atoms. The Morgan fingerprint density at radius 2 is 1.34 bits per heavy atom. The van der Waals surface area contributed by atoms with E-state index in [1.807, 2.05) is 24.3 Å². The van der Waals surface area contributed by atoms with E-state index in [1.165, 1.54) is 0 Å². The molecule has 2 N–H and O–H groups in total. The van der Waals surface area contributed by atoms with E-state index in [-0.39, 0.29) is 28.7 Å². The number of nitrogens with one attached hydrogen (secondary N) is 2. The fraction of sp³-hybridized carbons (Fsp3) is 0.462. The minimum atomic E-state index is -0.0877. The van der Waals surface area contributed by atoms with Gasteiger partial charge in [-0.15, -0.1) is 0 Å². The van der Waals surface area contributed by atoms with Gasteiger partial charge in [-0.25, -0.2) is 0 Å². The quantitative estimate of drug-likeness (QED) is 0.548. The molecular weight excluding hydrogens is 443 g/mol. The summed E-state index contributed by atoms with van der Waals surface area (Å²) in [4.78, 5) is 25.2. The molecule has 172 valence electrons. The Hall–Kier alpha value is -2.04. The van der Waals surface area contributed by atoms with Crippen molar-refractivity contribution >= 4 is 35.0 Å². The van der Waals surface area contributed by atoms with Gasteiger partial charge in [0.25, 0.3) is 0 Å². The van der Waals surface area contributed by atoms with Crippen LogP contribution in [0.2, 0.25) is 10.0 Å². The summed E-state index contributed by atoms with van der Waals surface area (Å²) >= 11 is 11.9. The minimum absolute atomic E-state index is 0.000232. The predicted molar refractivity (Wildman–Crippen MR) is 131 cm³/mol. The topological polar surface area (TPSA) is 58.2 Å². The third-order valence-electron chi connectivity index (χ3n) is 6.08. The van der Waals surface area contributed by atoms with E-state index in [9.17, 15) is 9.59 Å². The van der Waals surface area contributed by atoms with Crippen LogP contribution in [0.25, 0.3) is 0 Å². The molecule has 0 saturated heterocycles. The normalized spacial score (nSPS) is 22.2. The lowest BCUT2D eigenvalue weighted by Gasteiger charge is -2.47. The standard InChI is InChI=1S/C26H32Cl2N2O2/c1-25(2)14-22(30-24(32)13-19-6-10-21(28)11-7-19)15-26(3,16-25)17-29-23(31)12-18-4-8-20(27)9-5-18/h4-11,22H,12-17H2,1-3H3,(H,29,31)(H,30,32). The Morgan fingerprint density at radius 1 is 0.844 bits per heavy atom. The number of benzene rings is 2. The summed E-state index contributed by atoms with van der Waals surface area (Å²) < 4.78 is 0. The lowest BCUT2D eigenvalue weighted by Crippen LogP contribution is -2.50. The predicted octanol–water partition coefficient (Wildman–Crippen LogP) is 5.60. The number of hydrogen-bond donors (Lipinski definition) is 2. The molecule has 2 aromatic carbocycles. The summed E-state index contributed by atoms with van der Waals surface area (Å²) in [7, 11) is 0. The van der Waals surface area contributed by atoms with Gasteiger partial charge in [-0.1, -0.05) is 68.2 Å². The first-order valence-corrected chi connectivity index (χ1v) is 11.8. The highest BCUT2D eigenvalue weighted by molar-refractivity contribution is 6.30. The molecule has 4 nitrogen and oxygen atoms in total. The van der Waals surface area contributed by atoms with Crippen molar-refractivity contribution in [3.8, 4) is 0 Å². The number of hydrogen-bond acceptors (Lipinski definition) is 2. The maximum Gasteiger partial charge on any atom is 0.224 e. The number of rotatable bonds is 7. The Bertz CT molecular complexity index is 941. The van der Waals surface area contributed by atoms with Crippen molar-refractivity contribution in [2.75, 3.05) is 6.54 Å². The van der Waals surface area contributed by atoms with Crippen LogP contribution in [0, 0.1) is 10.8 Å². The molecule has 1 saturated carbocycles. The molecule has 2 aromatic rings. The Morgan fingerprint density at radius 3 is 1.88 bits per heavy atom. The van der Waals surface area contributed by atoms with Crippen molar-refractivity contribution in [2.45, 2.75) is 58.9 Å². The van der Waals surface area contributed by atoms with Crippen LogP contribution in [0.15, 0.2) is 48.5 Å². The van der Waals surface area contributed by atoms with Gasteiger partial charge in [0, 0.05) is 22.6 Å². The maximum absolute atomic E-state index is 12.7. The van der Waals surface area contributed by atoms with Crippen LogP contribution in [-0.4, -0.2) is 24.4 Å². The summed E-state index contributed by atoms with van der Waals surface area (Å²) in [6, 6.07) is 14.8.